The SMILES string of the molecule is CC1CN(S(=O)(=O)c2cc(S(C)(=O)=O)ccc2Br)CCN1. The molecule has 0 aliphatic carbocycles. The summed E-state index contributed by atoms with van der Waals surface area (Å²) in [5.74, 6) is 0. The zero-order valence-electron chi connectivity index (χ0n) is 11.7. The molecule has 1 aromatic rings. The molecule has 1 fully saturated rings. The standard InChI is InChI=1S/C12H17BrN2O4S2/c1-9-8-15(6-5-14-9)21(18,19)12-7-10(20(2,16)17)3-4-11(12)13/h3-4,7,9,14H,5-6,8H2,1-2H3. The minimum Gasteiger partial charge on any atom is -0.312 e. The molecule has 1 unspecified atom stereocenters. The van der Waals surface area contributed by atoms with E-state index in [-0.39, 0.29) is 15.8 Å². The van der Waals surface area contributed by atoms with Crippen LogP contribution in [0.2, 0.25) is 0 Å². The third-order valence-electron chi connectivity index (χ3n) is 3.28. The van der Waals surface area contributed by atoms with Crippen LogP contribution in [0.3, 0.4) is 0 Å². The molecule has 1 N–H and O–H groups in total. The number of rotatable bonds is 3. The van der Waals surface area contributed by atoms with E-state index in [0.29, 0.717) is 24.1 Å². The Morgan fingerprint density at radius 3 is 2.52 bits per heavy atom. The van der Waals surface area contributed by atoms with Crippen molar-refractivity contribution in [2.75, 3.05) is 25.9 Å². The van der Waals surface area contributed by atoms with Gasteiger partial charge < -0.3 is 5.32 Å². The molecule has 1 saturated heterocycles. The summed E-state index contributed by atoms with van der Waals surface area (Å²) in [6, 6.07) is 4.11. The van der Waals surface area contributed by atoms with Crippen molar-refractivity contribution in [1.82, 2.24) is 9.62 Å². The fourth-order valence-corrected chi connectivity index (χ4v) is 5.37. The van der Waals surface area contributed by atoms with Gasteiger partial charge in [-0.1, -0.05) is 0 Å². The first kappa shape index (κ1) is 16.9. The highest BCUT2D eigenvalue weighted by molar-refractivity contribution is 9.10. The van der Waals surface area contributed by atoms with Crippen LogP contribution < -0.4 is 5.32 Å². The van der Waals surface area contributed by atoms with Crippen molar-refractivity contribution in [3.8, 4) is 0 Å². The maximum atomic E-state index is 12.7. The van der Waals surface area contributed by atoms with Gasteiger partial charge in [-0.3, -0.25) is 0 Å². The molecule has 0 saturated carbocycles. The van der Waals surface area contributed by atoms with Gasteiger partial charge in [0.05, 0.1) is 9.79 Å². The fraction of sp³-hybridized carbons (Fsp3) is 0.500. The smallest absolute Gasteiger partial charge is 0.244 e. The van der Waals surface area contributed by atoms with Crippen molar-refractivity contribution in [2.45, 2.75) is 22.8 Å². The van der Waals surface area contributed by atoms with Crippen LogP contribution in [0.25, 0.3) is 0 Å². The number of sulfonamides is 1. The molecule has 0 radical (unpaired) electrons. The summed E-state index contributed by atoms with van der Waals surface area (Å²) in [4.78, 5) is -0.0213. The van der Waals surface area contributed by atoms with Gasteiger partial charge in [0.2, 0.25) is 10.0 Å². The number of piperazine rings is 1. The van der Waals surface area contributed by atoms with E-state index in [9.17, 15) is 16.8 Å². The number of sulfone groups is 1. The van der Waals surface area contributed by atoms with E-state index in [1.54, 1.807) is 0 Å². The van der Waals surface area contributed by atoms with Gasteiger partial charge in [0.15, 0.2) is 9.84 Å². The topological polar surface area (TPSA) is 83.6 Å². The lowest BCUT2D eigenvalue weighted by Crippen LogP contribution is -2.51. The van der Waals surface area contributed by atoms with Gasteiger partial charge in [-0.25, -0.2) is 16.8 Å². The third-order valence-corrected chi connectivity index (χ3v) is 7.25. The summed E-state index contributed by atoms with van der Waals surface area (Å²) in [6.07, 6.45) is 1.06. The Morgan fingerprint density at radius 1 is 1.29 bits per heavy atom. The van der Waals surface area contributed by atoms with Crippen molar-refractivity contribution >= 4 is 35.8 Å². The molecule has 21 heavy (non-hydrogen) atoms. The number of halogens is 1. The molecule has 2 rings (SSSR count). The van der Waals surface area contributed by atoms with Crippen LogP contribution in [0.1, 0.15) is 6.92 Å². The van der Waals surface area contributed by atoms with Crippen LogP contribution in [-0.4, -0.2) is 53.1 Å². The predicted molar refractivity (Wildman–Crippen MR) is 83.5 cm³/mol. The average molecular weight is 397 g/mol. The van der Waals surface area contributed by atoms with Gasteiger partial charge >= 0.3 is 0 Å². The molecule has 6 nitrogen and oxygen atoms in total. The lowest BCUT2D eigenvalue weighted by molar-refractivity contribution is 0.310. The number of hydrogen-bond acceptors (Lipinski definition) is 5. The third kappa shape index (κ3) is 3.65. The van der Waals surface area contributed by atoms with E-state index < -0.39 is 19.9 Å². The Bertz CT molecular complexity index is 747. The van der Waals surface area contributed by atoms with Crippen LogP contribution in [0.15, 0.2) is 32.5 Å². The van der Waals surface area contributed by atoms with Crippen LogP contribution in [0.4, 0.5) is 0 Å². The quantitative estimate of drug-likeness (QED) is 0.817. The molecule has 1 heterocycles. The largest absolute Gasteiger partial charge is 0.312 e. The summed E-state index contributed by atoms with van der Waals surface area (Å²) in [6.45, 7) is 3.20. The van der Waals surface area contributed by atoms with Gasteiger partial charge in [-0.15, -0.1) is 0 Å². The van der Waals surface area contributed by atoms with Crippen molar-refractivity contribution in [2.24, 2.45) is 0 Å². The normalized spacial score (nSPS) is 21.4. The molecular formula is C12H17BrN2O4S2. The highest BCUT2D eigenvalue weighted by Crippen LogP contribution is 2.28. The second kappa shape index (κ2) is 5.96. The Kier molecular flexibility index (Phi) is 4.79. The van der Waals surface area contributed by atoms with Crippen LogP contribution in [0, 0.1) is 0 Å². The van der Waals surface area contributed by atoms with Crippen LogP contribution in [-0.2, 0) is 19.9 Å². The van der Waals surface area contributed by atoms with E-state index >= 15 is 0 Å². The number of hydrogen-bond donors (Lipinski definition) is 1. The molecule has 1 aromatic carbocycles. The van der Waals surface area contributed by atoms with Gasteiger partial charge in [0, 0.05) is 36.4 Å². The molecule has 9 heteroatoms. The molecule has 0 spiro atoms. The number of nitrogens with zero attached hydrogens (tertiary/aromatic N) is 1. The van der Waals surface area contributed by atoms with Crippen molar-refractivity contribution in [3.05, 3.63) is 22.7 Å². The van der Waals surface area contributed by atoms with E-state index in [4.69, 9.17) is 0 Å². The Balaban J connectivity index is 2.49. The summed E-state index contributed by atoms with van der Waals surface area (Å²) in [5, 5.41) is 3.17. The van der Waals surface area contributed by atoms with Gasteiger partial charge in [-0.2, -0.15) is 4.31 Å². The maximum Gasteiger partial charge on any atom is 0.244 e. The molecule has 0 aromatic heterocycles. The number of benzene rings is 1. The zero-order chi connectivity index (χ0) is 15.8. The summed E-state index contributed by atoms with van der Waals surface area (Å²) in [5.41, 5.74) is 0. The fourth-order valence-electron chi connectivity index (χ4n) is 2.17. The second-order valence-corrected chi connectivity index (χ2v) is 9.86. The Hall–Kier alpha value is -0.480. The molecule has 0 amide bonds. The second-order valence-electron chi connectivity index (χ2n) is 5.08. The lowest BCUT2D eigenvalue weighted by Gasteiger charge is -2.31. The first-order chi connectivity index (χ1) is 9.62. The highest BCUT2D eigenvalue weighted by atomic mass is 79.9. The first-order valence-corrected chi connectivity index (χ1v) is 10.5. The monoisotopic (exact) mass is 396 g/mol. The van der Waals surface area contributed by atoms with Crippen LogP contribution >= 0.6 is 15.9 Å². The van der Waals surface area contributed by atoms with Gasteiger partial charge in [-0.05, 0) is 41.1 Å². The minimum absolute atomic E-state index is 0.00698. The van der Waals surface area contributed by atoms with E-state index in [1.807, 2.05) is 6.92 Å². The average Bonchev–Trinajstić information content (AvgIpc) is 2.37. The van der Waals surface area contributed by atoms with Gasteiger partial charge in [0.25, 0.3) is 0 Å². The van der Waals surface area contributed by atoms with Crippen molar-refractivity contribution in [1.29, 1.82) is 0 Å². The Labute approximate surface area is 133 Å². The summed E-state index contributed by atoms with van der Waals surface area (Å²) >= 11 is 3.20. The predicted octanol–water partition coefficient (Wildman–Crippen LogP) is 0.835. The minimum atomic E-state index is -3.73. The molecule has 1 atom stereocenters. The molecule has 0 bridgehead atoms. The van der Waals surface area contributed by atoms with Crippen LogP contribution in [0.5, 0.6) is 0 Å². The maximum absolute atomic E-state index is 12.7. The summed E-state index contributed by atoms with van der Waals surface area (Å²) < 4.78 is 50.4. The lowest BCUT2D eigenvalue weighted by atomic mass is 10.3. The molecule has 1 aliphatic rings. The zero-order valence-corrected chi connectivity index (χ0v) is 14.9. The summed E-state index contributed by atoms with van der Waals surface area (Å²) in [7, 11) is -7.19. The van der Waals surface area contributed by atoms with E-state index in [0.717, 1.165) is 6.26 Å². The molecular weight excluding hydrogens is 380 g/mol. The van der Waals surface area contributed by atoms with E-state index in [1.165, 1.54) is 22.5 Å². The van der Waals surface area contributed by atoms with E-state index in [2.05, 4.69) is 21.2 Å². The van der Waals surface area contributed by atoms with Crippen molar-refractivity contribution < 1.29 is 16.8 Å². The van der Waals surface area contributed by atoms with Gasteiger partial charge in [0.1, 0.15) is 0 Å². The first-order valence-electron chi connectivity index (χ1n) is 6.35. The highest BCUT2D eigenvalue weighted by Gasteiger charge is 2.30. The molecule has 1 aliphatic heterocycles. The van der Waals surface area contributed by atoms with Crippen molar-refractivity contribution in [3.63, 3.8) is 0 Å². The molecule has 118 valence electrons. The number of nitrogens with one attached hydrogen (secondary N) is 1. The Morgan fingerprint density at radius 2 is 1.95 bits per heavy atom.